The topological polar surface area (TPSA) is 103 Å². The number of nitrogens with zero attached hydrogens (tertiary/aromatic N) is 4. The van der Waals surface area contributed by atoms with Crippen molar-refractivity contribution in [2.45, 2.75) is 19.5 Å². The molecule has 11 heteroatoms. The molecule has 5 N–H and O–H groups in total. The van der Waals surface area contributed by atoms with Gasteiger partial charge in [0, 0.05) is 56.0 Å². The highest BCUT2D eigenvalue weighted by molar-refractivity contribution is 8.03. The molecule has 0 unspecified atom stereocenters. The van der Waals surface area contributed by atoms with Crippen LogP contribution >= 0.6 is 11.8 Å². The summed E-state index contributed by atoms with van der Waals surface area (Å²) in [5.41, 5.74) is 9.48. The van der Waals surface area contributed by atoms with Crippen molar-refractivity contribution in [3.05, 3.63) is 47.6 Å². The monoisotopic (exact) mass is 446 g/mol. The van der Waals surface area contributed by atoms with Crippen LogP contribution in [0.3, 0.4) is 0 Å². The molecule has 0 spiro atoms. The highest BCUT2D eigenvalue weighted by Crippen LogP contribution is 2.22. The largest absolute Gasteiger partial charge is 0.495 e. The van der Waals surface area contributed by atoms with Gasteiger partial charge in [0.25, 0.3) is 0 Å². The van der Waals surface area contributed by atoms with E-state index in [1.807, 2.05) is 0 Å². The van der Waals surface area contributed by atoms with Gasteiger partial charge in [-0.1, -0.05) is 13.2 Å². The van der Waals surface area contributed by atoms with Gasteiger partial charge in [-0.15, -0.1) is 11.8 Å². The summed E-state index contributed by atoms with van der Waals surface area (Å²) >= 11 is 1.50. The standard InChI is InChI=1S/C19H29F3N6OS/c1-14(2)26-18(13-16(23)19(20,21)22)28-10-8-27(9-11-28)7-4-12-30-15(3)25-6-5-17(24)29/h5-6,13,29H,1,3-4,7-12,23-24H2,2H3/b16-13-,17-5+,25-6-,26-18+. The van der Waals surface area contributed by atoms with Crippen molar-refractivity contribution in [1.82, 2.24) is 9.80 Å². The second kappa shape index (κ2) is 12.3. The third kappa shape index (κ3) is 10.4. The van der Waals surface area contributed by atoms with Crippen LogP contribution in [0.1, 0.15) is 13.3 Å². The minimum Gasteiger partial charge on any atom is -0.495 e. The number of aliphatic hydroxyl groups excluding tert-OH is 1. The molecular weight excluding hydrogens is 417 g/mol. The minimum absolute atomic E-state index is 0.180. The van der Waals surface area contributed by atoms with E-state index in [-0.39, 0.29) is 11.7 Å². The molecule has 30 heavy (non-hydrogen) atoms. The summed E-state index contributed by atoms with van der Waals surface area (Å²) in [4.78, 5) is 12.2. The van der Waals surface area contributed by atoms with Crippen molar-refractivity contribution < 1.29 is 18.3 Å². The summed E-state index contributed by atoms with van der Waals surface area (Å²) < 4.78 is 38.3. The number of amidine groups is 1. The van der Waals surface area contributed by atoms with Gasteiger partial charge < -0.3 is 21.5 Å². The van der Waals surface area contributed by atoms with Crippen LogP contribution < -0.4 is 11.5 Å². The van der Waals surface area contributed by atoms with Gasteiger partial charge in [-0.2, -0.15) is 13.2 Å². The van der Waals surface area contributed by atoms with Crippen LogP contribution in [-0.4, -0.2) is 71.6 Å². The van der Waals surface area contributed by atoms with E-state index in [0.717, 1.165) is 24.8 Å². The number of rotatable bonds is 9. The van der Waals surface area contributed by atoms with E-state index < -0.39 is 11.9 Å². The Hall–Kier alpha value is -2.40. The first kappa shape index (κ1) is 25.6. The van der Waals surface area contributed by atoms with Gasteiger partial charge in [-0.05, 0) is 19.9 Å². The van der Waals surface area contributed by atoms with E-state index in [0.29, 0.717) is 36.9 Å². The van der Waals surface area contributed by atoms with Crippen molar-refractivity contribution in [2.75, 3.05) is 38.5 Å². The number of hydrogen-bond donors (Lipinski definition) is 3. The molecule has 0 amide bonds. The lowest BCUT2D eigenvalue weighted by Gasteiger charge is -2.36. The predicted molar refractivity (Wildman–Crippen MR) is 118 cm³/mol. The van der Waals surface area contributed by atoms with Crippen molar-refractivity contribution in [1.29, 1.82) is 0 Å². The lowest BCUT2D eigenvalue weighted by Crippen LogP contribution is -2.48. The molecule has 1 aliphatic heterocycles. The van der Waals surface area contributed by atoms with E-state index in [2.05, 4.69) is 28.0 Å². The minimum atomic E-state index is -4.59. The zero-order valence-corrected chi connectivity index (χ0v) is 17.8. The summed E-state index contributed by atoms with van der Waals surface area (Å²) in [5, 5.41) is 9.45. The molecule has 1 aliphatic rings. The van der Waals surface area contributed by atoms with Crippen molar-refractivity contribution in [2.24, 2.45) is 21.5 Å². The third-order valence-corrected chi connectivity index (χ3v) is 4.90. The van der Waals surface area contributed by atoms with Crippen molar-refractivity contribution in [3.8, 4) is 0 Å². The second-order valence-electron chi connectivity index (χ2n) is 6.60. The van der Waals surface area contributed by atoms with Crippen LogP contribution in [-0.2, 0) is 0 Å². The van der Waals surface area contributed by atoms with Gasteiger partial charge in [0.2, 0.25) is 0 Å². The fourth-order valence-electron chi connectivity index (χ4n) is 2.52. The van der Waals surface area contributed by atoms with Crippen LogP contribution in [0.25, 0.3) is 0 Å². The number of aliphatic hydroxyl groups is 1. The molecule has 0 aromatic carbocycles. The van der Waals surface area contributed by atoms with Crippen LogP contribution in [0.4, 0.5) is 13.2 Å². The maximum absolute atomic E-state index is 12.8. The highest BCUT2D eigenvalue weighted by Gasteiger charge is 2.32. The Labute approximate surface area is 179 Å². The number of nitrogens with two attached hydrogens (primary N) is 2. The molecule has 0 aliphatic carbocycles. The second-order valence-corrected chi connectivity index (χ2v) is 7.77. The molecule has 0 aromatic heterocycles. The first-order chi connectivity index (χ1) is 14.0. The molecule has 1 fully saturated rings. The average molecular weight is 447 g/mol. The normalized spacial score (nSPS) is 17.6. The summed E-state index contributed by atoms with van der Waals surface area (Å²) in [7, 11) is 0. The average Bonchev–Trinajstić information content (AvgIpc) is 2.63. The molecule has 0 radical (unpaired) electrons. The maximum Gasteiger partial charge on any atom is 0.430 e. The first-order valence-corrected chi connectivity index (χ1v) is 10.2. The van der Waals surface area contributed by atoms with E-state index in [9.17, 15) is 13.2 Å². The van der Waals surface area contributed by atoms with Gasteiger partial charge in [0.05, 0.1) is 5.03 Å². The Morgan fingerprint density at radius 2 is 1.83 bits per heavy atom. The number of aliphatic imine (C=N–C) groups is 2. The Balaban J connectivity index is 2.48. The van der Waals surface area contributed by atoms with Gasteiger partial charge in [0.15, 0.2) is 5.88 Å². The molecule has 0 saturated carbocycles. The molecule has 1 rings (SSSR count). The van der Waals surface area contributed by atoms with E-state index in [1.165, 1.54) is 24.1 Å². The molecule has 7 nitrogen and oxygen atoms in total. The number of halogens is 3. The Kier molecular flexibility index (Phi) is 10.5. The fraction of sp³-hybridized carbons (Fsp3) is 0.474. The van der Waals surface area contributed by atoms with Crippen LogP contribution in [0.15, 0.2) is 57.6 Å². The highest BCUT2D eigenvalue weighted by atomic mass is 32.2. The smallest absolute Gasteiger partial charge is 0.430 e. The predicted octanol–water partition coefficient (Wildman–Crippen LogP) is 2.96. The molecule has 168 valence electrons. The van der Waals surface area contributed by atoms with Crippen LogP contribution in [0, 0.1) is 0 Å². The zero-order chi connectivity index (χ0) is 22.7. The number of piperazine rings is 1. The van der Waals surface area contributed by atoms with Crippen LogP contribution in [0.5, 0.6) is 0 Å². The van der Waals surface area contributed by atoms with Crippen LogP contribution in [0.2, 0.25) is 0 Å². The van der Waals surface area contributed by atoms with E-state index in [1.54, 1.807) is 11.8 Å². The van der Waals surface area contributed by atoms with E-state index in [4.69, 9.17) is 16.6 Å². The van der Waals surface area contributed by atoms with Gasteiger partial charge in [0.1, 0.15) is 11.5 Å². The molecule has 1 saturated heterocycles. The lowest BCUT2D eigenvalue weighted by molar-refractivity contribution is -0.0925. The summed E-state index contributed by atoms with van der Waals surface area (Å²) in [6, 6.07) is 0. The molecule has 0 aromatic rings. The maximum atomic E-state index is 12.8. The molecular formula is C19H29F3N6OS. The van der Waals surface area contributed by atoms with E-state index >= 15 is 0 Å². The summed E-state index contributed by atoms with van der Waals surface area (Å²) in [5.74, 6) is 0.685. The first-order valence-electron chi connectivity index (χ1n) is 9.25. The molecule has 0 bridgehead atoms. The number of allylic oxidation sites excluding steroid dienone is 3. The number of alkyl halides is 3. The van der Waals surface area contributed by atoms with Crippen molar-refractivity contribution in [3.63, 3.8) is 0 Å². The lowest BCUT2D eigenvalue weighted by atomic mass is 10.2. The van der Waals surface area contributed by atoms with Gasteiger partial charge >= 0.3 is 6.18 Å². The summed E-state index contributed by atoms with van der Waals surface area (Å²) in [6.07, 6.45) is -0.163. The number of thioether (sulfide) groups is 1. The van der Waals surface area contributed by atoms with Crippen molar-refractivity contribution >= 4 is 23.8 Å². The Bertz CT molecular complexity index is 718. The fourth-order valence-corrected chi connectivity index (χ4v) is 3.17. The van der Waals surface area contributed by atoms with Gasteiger partial charge in [-0.3, -0.25) is 9.89 Å². The Morgan fingerprint density at radius 1 is 1.20 bits per heavy atom. The van der Waals surface area contributed by atoms with Gasteiger partial charge in [-0.25, -0.2) is 4.99 Å². The summed E-state index contributed by atoms with van der Waals surface area (Å²) in [6.45, 7) is 12.4. The molecule has 1 heterocycles. The SMILES string of the molecule is C=C(C)/N=C(\C=C(/N)C(F)(F)F)N1CCN(CCCSC(=C)/N=C\C=C(/N)O)CC1. The third-order valence-electron chi connectivity index (χ3n) is 3.96. The molecule has 0 atom stereocenters. The zero-order valence-electron chi connectivity index (χ0n) is 17.0. The number of hydrogen-bond acceptors (Lipinski definition) is 7. The Morgan fingerprint density at radius 3 is 2.37 bits per heavy atom. The quantitative estimate of drug-likeness (QED) is 0.218.